The van der Waals surface area contributed by atoms with Crippen molar-refractivity contribution in [2.45, 2.75) is 19.3 Å². The van der Waals surface area contributed by atoms with Gasteiger partial charge in [0.15, 0.2) is 0 Å². The lowest BCUT2D eigenvalue weighted by Gasteiger charge is -2.16. The first kappa shape index (κ1) is 10.3. The zero-order chi connectivity index (χ0) is 11.9. The summed E-state index contributed by atoms with van der Waals surface area (Å²) < 4.78 is 0. The monoisotopic (exact) mass is 221 g/mol. The number of hydrogen-bond donors (Lipinski definition) is 0. The van der Waals surface area contributed by atoms with Crippen molar-refractivity contribution in [1.29, 1.82) is 0 Å². The molecular formula is C16H15N. The zero-order valence-corrected chi connectivity index (χ0v) is 10.1. The molecule has 0 saturated heterocycles. The Morgan fingerprint density at radius 1 is 0.882 bits per heavy atom. The van der Waals surface area contributed by atoms with Crippen molar-refractivity contribution in [3.63, 3.8) is 0 Å². The first-order valence-electron chi connectivity index (χ1n) is 5.93. The lowest BCUT2D eigenvalue weighted by atomic mass is 9.85. The molecule has 3 rings (SSSR count). The molecule has 0 fully saturated rings. The number of hydrogen-bond acceptors (Lipinski definition) is 1. The van der Waals surface area contributed by atoms with E-state index >= 15 is 0 Å². The highest BCUT2D eigenvalue weighted by Crippen LogP contribution is 2.42. The number of aliphatic imine (C=N–C) groups is 1. The number of fused-ring (bicyclic) bond motifs is 1. The van der Waals surface area contributed by atoms with E-state index in [2.05, 4.69) is 61.3 Å². The van der Waals surface area contributed by atoms with Crippen molar-refractivity contribution in [1.82, 2.24) is 0 Å². The minimum atomic E-state index is 0.0557. The molecule has 0 saturated carbocycles. The predicted octanol–water partition coefficient (Wildman–Crippen LogP) is 4.35. The maximum atomic E-state index is 4.60. The van der Waals surface area contributed by atoms with Gasteiger partial charge in [-0.2, -0.15) is 0 Å². The second-order valence-electron chi connectivity index (χ2n) is 5.05. The zero-order valence-electron chi connectivity index (χ0n) is 10.1. The van der Waals surface area contributed by atoms with E-state index in [-0.39, 0.29) is 5.41 Å². The van der Waals surface area contributed by atoms with Crippen LogP contribution in [0.2, 0.25) is 0 Å². The van der Waals surface area contributed by atoms with Crippen molar-refractivity contribution in [2.24, 2.45) is 4.99 Å². The summed E-state index contributed by atoms with van der Waals surface area (Å²) >= 11 is 0. The summed E-state index contributed by atoms with van der Waals surface area (Å²) in [5.74, 6) is 0. The number of benzene rings is 2. The maximum Gasteiger partial charge on any atom is 0.0745 e. The topological polar surface area (TPSA) is 12.4 Å². The summed E-state index contributed by atoms with van der Waals surface area (Å²) in [6, 6.07) is 16.9. The smallest absolute Gasteiger partial charge is 0.0745 e. The van der Waals surface area contributed by atoms with Crippen LogP contribution in [-0.4, -0.2) is 6.21 Å². The average Bonchev–Trinajstić information content (AvgIpc) is 2.67. The summed E-state index contributed by atoms with van der Waals surface area (Å²) in [7, 11) is 0. The largest absolute Gasteiger partial charge is 0.259 e. The summed E-state index contributed by atoms with van der Waals surface area (Å²) in [5, 5.41) is 0. The standard InChI is InChI=1S/C16H15N/c1-16(2)11-17-15-13(9-6-10-14(15)16)12-7-4-3-5-8-12/h3-11H,1-2H3. The third-order valence-corrected chi connectivity index (χ3v) is 3.33. The van der Waals surface area contributed by atoms with Crippen LogP contribution in [0.15, 0.2) is 53.5 Å². The Morgan fingerprint density at radius 3 is 2.41 bits per heavy atom. The number of para-hydroxylation sites is 1. The van der Waals surface area contributed by atoms with Crippen LogP contribution in [0.25, 0.3) is 11.1 Å². The van der Waals surface area contributed by atoms with E-state index < -0.39 is 0 Å². The fourth-order valence-corrected chi connectivity index (χ4v) is 2.35. The predicted molar refractivity (Wildman–Crippen MR) is 73.1 cm³/mol. The lowest BCUT2D eigenvalue weighted by Crippen LogP contribution is -2.14. The Balaban J connectivity index is 2.22. The molecule has 0 aromatic heterocycles. The van der Waals surface area contributed by atoms with Crippen molar-refractivity contribution in [2.75, 3.05) is 0 Å². The van der Waals surface area contributed by atoms with Gasteiger partial charge in [-0.3, -0.25) is 4.99 Å². The first-order chi connectivity index (χ1) is 8.18. The van der Waals surface area contributed by atoms with Gasteiger partial charge in [-0.1, -0.05) is 62.4 Å². The molecule has 1 aliphatic rings. The van der Waals surface area contributed by atoms with Crippen LogP contribution in [0, 0.1) is 0 Å². The van der Waals surface area contributed by atoms with Crippen molar-refractivity contribution in [3.05, 3.63) is 54.1 Å². The molecule has 1 heteroatoms. The Labute approximate surface area is 102 Å². The molecule has 1 aliphatic heterocycles. The van der Waals surface area contributed by atoms with E-state index in [9.17, 15) is 0 Å². The van der Waals surface area contributed by atoms with Gasteiger partial charge >= 0.3 is 0 Å². The van der Waals surface area contributed by atoms with E-state index in [1.165, 1.54) is 16.7 Å². The summed E-state index contributed by atoms with van der Waals surface area (Å²) in [4.78, 5) is 4.60. The minimum absolute atomic E-state index is 0.0557. The van der Waals surface area contributed by atoms with Gasteiger partial charge in [0.2, 0.25) is 0 Å². The summed E-state index contributed by atoms with van der Waals surface area (Å²) in [6.07, 6.45) is 2.05. The van der Waals surface area contributed by atoms with Gasteiger partial charge in [-0.25, -0.2) is 0 Å². The highest BCUT2D eigenvalue weighted by molar-refractivity contribution is 5.91. The van der Waals surface area contributed by atoms with Crippen LogP contribution < -0.4 is 0 Å². The second-order valence-corrected chi connectivity index (χ2v) is 5.05. The molecule has 0 atom stereocenters. The molecule has 17 heavy (non-hydrogen) atoms. The molecule has 1 nitrogen and oxygen atoms in total. The molecule has 2 aromatic carbocycles. The molecule has 84 valence electrons. The third-order valence-electron chi connectivity index (χ3n) is 3.33. The van der Waals surface area contributed by atoms with Gasteiger partial charge in [0, 0.05) is 17.2 Å². The van der Waals surface area contributed by atoms with Crippen molar-refractivity contribution >= 4 is 11.9 Å². The molecule has 1 heterocycles. The van der Waals surface area contributed by atoms with Gasteiger partial charge in [0.25, 0.3) is 0 Å². The van der Waals surface area contributed by atoms with E-state index in [1.54, 1.807) is 0 Å². The number of rotatable bonds is 1. The second kappa shape index (κ2) is 3.56. The van der Waals surface area contributed by atoms with Crippen LogP contribution in [-0.2, 0) is 5.41 Å². The quantitative estimate of drug-likeness (QED) is 0.679. The molecule has 0 aliphatic carbocycles. The Kier molecular flexibility index (Phi) is 2.15. The van der Waals surface area contributed by atoms with E-state index in [1.807, 2.05) is 12.3 Å². The molecular weight excluding hydrogens is 206 g/mol. The Morgan fingerprint density at radius 2 is 1.65 bits per heavy atom. The van der Waals surface area contributed by atoms with E-state index in [0.717, 1.165) is 5.69 Å². The molecule has 0 radical (unpaired) electrons. The minimum Gasteiger partial charge on any atom is -0.259 e. The molecule has 0 N–H and O–H groups in total. The highest BCUT2D eigenvalue weighted by Gasteiger charge is 2.27. The van der Waals surface area contributed by atoms with E-state index in [0.29, 0.717) is 0 Å². The van der Waals surface area contributed by atoms with Gasteiger partial charge in [-0.15, -0.1) is 0 Å². The van der Waals surface area contributed by atoms with Crippen LogP contribution >= 0.6 is 0 Å². The molecule has 0 spiro atoms. The molecule has 0 amide bonds. The van der Waals surface area contributed by atoms with Crippen LogP contribution in [0.3, 0.4) is 0 Å². The molecule has 0 bridgehead atoms. The molecule has 2 aromatic rings. The Hall–Kier alpha value is -1.89. The fourth-order valence-electron chi connectivity index (χ4n) is 2.35. The van der Waals surface area contributed by atoms with Crippen LogP contribution in [0.5, 0.6) is 0 Å². The average molecular weight is 221 g/mol. The summed E-state index contributed by atoms with van der Waals surface area (Å²) in [5.41, 5.74) is 4.96. The van der Waals surface area contributed by atoms with Crippen molar-refractivity contribution in [3.8, 4) is 11.1 Å². The van der Waals surface area contributed by atoms with Gasteiger partial charge in [-0.05, 0) is 11.1 Å². The van der Waals surface area contributed by atoms with Gasteiger partial charge < -0.3 is 0 Å². The molecule has 0 unspecified atom stereocenters. The maximum absolute atomic E-state index is 4.60. The fraction of sp³-hybridized carbons (Fsp3) is 0.188. The van der Waals surface area contributed by atoms with Gasteiger partial charge in [0.05, 0.1) is 5.69 Å². The van der Waals surface area contributed by atoms with E-state index in [4.69, 9.17) is 0 Å². The lowest BCUT2D eigenvalue weighted by molar-refractivity contribution is 0.753. The van der Waals surface area contributed by atoms with Crippen LogP contribution in [0.4, 0.5) is 5.69 Å². The SMILES string of the molecule is CC1(C)C=Nc2c(-c3ccccc3)cccc21. The first-order valence-corrected chi connectivity index (χ1v) is 5.93. The van der Waals surface area contributed by atoms with Gasteiger partial charge in [0.1, 0.15) is 0 Å². The third kappa shape index (κ3) is 1.59. The van der Waals surface area contributed by atoms with Crippen LogP contribution in [0.1, 0.15) is 19.4 Å². The number of nitrogens with zero attached hydrogens (tertiary/aromatic N) is 1. The Bertz CT molecular complexity index is 580. The summed E-state index contributed by atoms with van der Waals surface area (Å²) in [6.45, 7) is 4.41. The van der Waals surface area contributed by atoms with Crippen molar-refractivity contribution < 1.29 is 0 Å². The highest BCUT2D eigenvalue weighted by atomic mass is 14.8. The normalized spacial score (nSPS) is 15.9.